The third kappa shape index (κ3) is 2.83. The lowest BCUT2D eigenvalue weighted by Crippen LogP contribution is -2.09. The number of rotatable bonds is 3. The summed E-state index contributed by atoms with van der Waals surface area (Å²) in [5, 5.41) is 13.8. The van der Waals surface area contributed by atoms with Crippen LogP contribution in [0.1, 0.15) is 27.2 Å². The lowest BCUT2D eigenvalue weighted by atomic mass is 10.0. The molecule has 1 aromatic heterocycles. The third-order valence-electron chi connectivity index (χ3n) is 3.19. The summed E-state index contributed by atoms with van der Waals surface area (Å²) in [6.45, 7) is 1.55. The van der Waals surface area contributed by atoms with Gasteiger partial charge in [0.2, 0.25) is 11.7 Å². The molecular formula is C14H13F3N2O2S. The van der Waals surface area contributed by atoms with Crippen molar-refractivity contribution >= 4 is 17.5 Å². The number of benzene rings is 1. The Morgan fingerprint density at radius 2 is 2.00 bits per heavy atom. The van der Waals surface area contributed by atoms with Crippen LogP contribution in [0.5, 0.6) is 5.88 Å². The Labute approximate surface area is 128 Å². The molecule has 0 aliphatic heterocycles. The molecular weight excluding hydrogens is 317 g/mol. The van der Waals surface area contributed by atoms with Crippen LogP contribution in [0.25, 0.3) is 0 Å². The first kappa shape index (κ1) is 16.4. The van der Waals surface area contributed by atoms with Gasteiger partial charge in [-0.05, 0) is 31.4 Å². The van der Waals surface area contributed by atoms with Gasteiger partial charge in [-0.3, -0.25) is 4.79 Å². The molecule has 118 valence electrons. The summed E-state index contributed by atoms with van der Waals surface area (Å²) >= 11 is 1.04. The minimum Gasteiger partial charge on any atom is -0.493 e. The summed E-state index contributed by atoms with van der Waals surface area (Å²) in [4.78, 5) is 12.7. The van der Waals surface area contributed by atoms with Gasteiger partial charge in [-0.2, -0.15) is 18.3 Å². The van der Waals surface area contributed by atoms with Crippen LogP contribution in [-0.4, -0.2) is 26.9 Å². The van der Waals surface area contributed by atoms with Gasteiger partial charge in [-0.15, -0.1) is 11.8 Å². The van der Waals surface area contributed by atoms with Crippen LogP contribution >= 0.6 is 11.8 Å². The molecule has 0 unspecified atom stereocenters. The quantitative estimate of drug-likeness (QED) is 0.692. The second-order valence-corrected chi connectivity index (χ2v) is 5.50. The SMILES string of the molecule is CSc1cc(C(F)(F)F)ccc1C(=O)c1c(C)nn(C)c1O. The number of aromatic hydroxyl groups is 1. The molecule has 8 heteroatoms. The van der Waals surface area contributed by atoms with Crippen LogP contribution in [0.3, 0.4) is 0 Å². The van der Waals surface area contributed by atoms with Crippen molar-refractivity contribution in [3.63, 3.8) is 0 Å². The van der Waals surface area contributed by atoms with E-state index in [9.17, 15) is 23.1 Å². The lowest BCUT2D eigenvalue weighted by Gasteiger charge is -2.11. The maximum absolute atomic E-state index is 12.7. The van der Waals surface area contributed by atoms with Crippen molar-refractivity contribution in [2.24, 2.45) is 7.05 Å². The second kappa shape index (κ2) is 5.68. The summed E-state index contributed by atoms with van der Waals surface area (Å²) in [6.07, 6.45) is -2.89. The Balaban J connectivity index is 2.55. The number of aromatic nitrogens is 2. The predicted molar refractivity (Wildman–Crippen MR) is 76.3 cm³/mol. The first-order valence-corrected chi connectivity index (χ1v) is 7.41. The van der Waals surface area contributed by atoms with Crippen LogP contribution in [0.15, 0.2) is 23.1 Å². The van der Waals surface area contributed by atoms with Gasteiger partial charge in [0.05, 0.1) is 11.3 Å². The maximum atomic E-state index is 12.7. The van der Waals surface area contributed by atoms with E-state index in [1.165, 1.54) is 7.05 Å². The molecule has 0 radical (unpaired) electrons. The molecule has 0 spiro atoms. The van der Waals surface area contributed by atoms with E-state index in [0.29, 0.717) is 5.69 Å². The predicted octanol–water partition coefficient (Wildman–Crippen LogP) is 3.41. The van der Waals surface area contributed by atoms with Crippen molar-refractivity contribution in [2.45, 2.75) is 18.0 Å². The van der Waals surface area contributed by atoms with E-state index in [1.807, 2.05) is 0 Å². The fraction of sp³-hybridized carbons (Fsp3) is 0.286. The molecule has 2 aromatic rings. The lowest BCUT2D eigenvalue weighted by molar-refractivity contribution is -0.137. The number of halogens is 3. The van der Waals surface area contributed by atoms with E-state index in [2.05, 4.69) is 5.10 Å². The molecule has 0 fully saturated rings. The summed E-state index contributed by atoms with van der Waals surface area (Å²) < 4.78 is 39.4. The Morgan fingerprint density at radius 1 is 1.36 bits per heavy atom. The fourth-order valence-electron chi connectivity index (χ4n) is 2.10. The van der Waals surface area contributed by atoms with Gasteiger partial charge in [0, 0.05) is 17.5 Å². The highest BCUT2D eigenvalue weighted by molar-refractivity contribution is 7.98. The van der Waals surface area contributed by atoms with Crippen LogP contribution < -0.4 is 0 Å². The number of alkyl halides is 3. The standard InChI is InChI=1S/C14H13F3N2O2S/c1-7-11(13(21)19(2)18-7)12(20)9-5-4-8(14(15,16)17)6-10(9)22-3/h4-6,21H,1-3H3. The highest BCUT2D eigenvalue weighted by atomic mass is 32.2. The zero-order valence-electron chi connectivity index (χ0n) is 12.0. The molecule has 0 amide bonds. The molecule has 0 saturated carbocycles. The first-order chi connectivity index (χ1) is 10.2. The highest BCUT2D eigenvalue weighted by Gasteiger charge is 2.32. The molecule has 1 aromatic carbocycles. The average Bonchev–Trinajstić information content (AvgIpc) is 2.69. The van der Waals surface area contributed by atoms with Crippen molar-refractivity contribution in [1.29, 1.82) is 0 Å². The van der Waals surface area contributed by atoms with Crippen LogP contribution in [0.4, 0.5) is 13.2 Å². The van der Waals surface area contributed by atoms with Crippen LogP contribution in [0.2, 0.25) is 0 Å². The van der Waals surface area contributed by atoms with E-state index < -0.39 is 17.5 Å². The largest absolute Gasteiger partial charge is 0.493 e. The number of carbonyl (C=O) groups is 1. The number of aryl methyl sites for hydroxylation is 2. The summed E-state index contributed by atoms with van der Waals surface area (Å²) in [5.41, 5.74) is -0.401. The monoisotopic (exact) mass is 330 g/mol. The third-order valence-corrected chi connectivity index (χ3v) is 3.97. The first-order valence-electron chi connectivity index (χ1n) is 6.19. The van der Waals surface area contributed by atoms with Crippen molar-refractivity contribution in [3.05, 3.63) is 40.6 Å². The molecule has 4 nitrogen and oxygen atoms in total. The molecule has 0 bridgehead atoms. The zero-order chi connectivity index (χ0) is 16.7. The molecule has 22 heavy (non-hydrogen) atoms. The number of ketones is 1. The summed E-state index contributed by atoms with van der Waals surface area (Å²) in [6, 6.07) is 2.92. The van der Waals surface area contributed by atoms with E-state index in [0.717, 1.165) is 34.6 Å². The van der Waals surface area contributed by atoms with E-state index >= 15 is 0 Å². The average molecular weight is 330 g/mol. The number of hydrogen-bond donors (Lipinski definition) is 1. The number of nitrogens with zero attached hydrogens (tertiary/aromatic N) is 2. The number of carbonyl (C=O) groups excluding carboxylic acids is 1. The molecule has 0 atom stereocenters. The van der Waals surface area contributed by atoms with Gasteiger partial charge in [-0.25, -0.2) is 4.68 Å². The summed E-state index contributed by atoms with van der Waals surface area (Å²) in [7, 11) is 1.47. The minimum absolute atomic E-state index is 0.00226. The fourth-order valence-corrected chi connectivity index (χ4v) is 2.73. The smallest absolute Gasteiger partial charge is 0.416 e. The van der Waals surface area contributed by atoms with Gasteiger partial charge in [0.25, 0.3) is 0 Å². The number of thioether (sulfide) groups is 1. The van der Waals surface area contributed by atoms with Crippen molar-refractivity contribution < 1.29 is 23.1 Å². The molecule has 0 aliphatic carbocycles. The molecule has 1 heterocycles. The Kier molecular flexibility index (Phi) is 4.23. The maximum Gasteiger partial charge on any atom is 0.416 e. The molecule has 0 aliphatic rings. The Morgan fingerprint density at radius 3 is 2.45 bits per heavy atom. The van der Waals surface area contributed by atoms with Crippen molar-refractivity contribution in [1.82, 2.24) is 9.78 Å². The normalized spacial score (nSPS) is 11.7. The van der Waals surface area contributed by atoms with E-state index in [-0.39, 0.29) is 21.9 Å². The van der Waals surface area contributed by atoms with Gasteiger partial charge in [-0.1, -0.05) is 0 Å². The van der Waals surface area contributed by atoms with Crippen molar-refractivity contribution in [2.75, 3.05) is 6.26 Å². The highest BCUT2D eigenvalue weighted by Crippen LogP contribution is 2.34. The van der Waals surface area contributed by atoms with Crippen molar-refractivity contribution in [3.8, 4) is 5.88 Å². The zero-order valence-corrected chi connectivity index (χ0v) is 12.8. The van der Waals surface area contributed by atoms with E-state index in [1.54, 1.807) is 13.2 Å². The summed E-state index contributed by atoms with van der Waals surface area (Å²) in [5.74, 6) is -0.865. The van der Waals surface area contributed by atoms with Crippen LogP contribution in [-0.2, 0) is 13.2 Å². The van der Waals surface area contributed by atoms with Gasteiger partial charge >= 0.3 is 6.18 Å². The Bertz CT molecular complexity index is 738. The number of hydrogen-bond acceptors (Lipinski definition) is 4. The minimum atomic E-state index is -4.47. The van der Waals surface area contributed by atoms with E-state index in [4.69, 9.17) is 0 Å². The van der Waals surface area contributed by atoms with Gasteiger partial charge in [0.15, 0.2) is 0 Å². The van der Waals surface area contributed by atoms with Crippen LogP contribution in [0, 0.1) is 6.92 Å². The van der Waals surface area contributed by atoms with Gasteiger partial charge in [0.1, 0.15) is 5.56 Å². The topological polar surface area (TPSA) is 55.1 Å². The molecule has 1 N–H and O–H groups in total. The second-order valence-electron chi connectivity index (χ2n) is 4.65. The molecule has 2 rings (SSSR count). The Hall–Kier alpha value is -1.96. The molecule has 0 saturated heterocycles. The van der Waals surface area contributed by atoms with Gasteiger partial charge < -0.3 is 5.11 Å².